The second kappa shape index (κ2) is 7.97. The van der Waals surface area contributed by atoms with E-state index in [0.717, 1.165) is 12.1 Å². The van der Waals surface area contributed by atoms with Gasteiger partial charge in [0.25, 0.3) is 5.91 Å². The fourth-order valence-electron chi connectivity index (χ4n) is 2.11. The number of carbonyl (C=O) groups excluding carboxylic acids is 1. The normalized spacial score (nSPS) is 10.6. The molecule has 0 spiro atoms. The Bertz CT molecular complexity index is 826. The number of phenols is 3. The highest BCUT2D eigenvalue weighted by molar-refractivity contribution is 5.96. The summed E-state index contributed by atoms with van der Waals surface area (Å²) in [4.78, 5) is 12.0. The van der Waals surface area contributed by atoms with Crippen molar-refractivity contribution in [1.82, 2.24) is 5.43 Å². The number of nitrogens with zero attached hydrogens (tertiary/aromatic N) is 1. The van der Waals surface area contributed by atoms with Crippen molar-refractivity contribution in [1.29, 1.82) is 0 Å². The number of aromatic hydroxyl groups is 3. The Morgan fingerprint density at radius 1 is 0.923 bits per heavy atom. The van der Waals surface area contributed by atoms with E-state index in [-0.39, 0.29) is 5.56 Å². The van der Waals surface area contributed by atoms with Crippen LogP contribution in [-0.4, -0.2) is 48.8 Å². The Labute approximate surface area is 149 Å². The molecule has 9 nitrogen and oxygen atoms in total. The van der Waals surface area contributed by atoms with Gasteiger partial charge in [-0.05, 0) is 18.2 Å². The second-order valence-corrected chi connectivity index (χ2v) is 5.01. The molecular formula is C17H18N2O7. The molecule has 26 heavy (non-hydrogen) atoms. The standard InChI is InChI=1S/C17H18N2O7/c1-24-13-7-15(26-3)14(25-2)6-10(13)8-18-19-17(23)9-4-11(20)16(22)12(21)5-9/h4-8,20-22H,1-3H3,(H,19,23)/b18-8+. The van der Waals surface area contributed by atoms with E-state index in [9.17, 15) is 20.1 Å². The average Bonchev–Trinajstić information content (AvgIpc) is 2.64. The molecule has 0 aliphatic heterocycles. The number of phenolic OH excluding ortho intramolecular Hbond substituents is 3. The van der Waals surface area contributed by atoms with Crippen LogP contribution in [0.15, 0.2) is 29.4 Å². The van der Waals surface area contributed by atoms with Crippen molar-refractivity contribution in [3.05, 3.63) is 35.4 Å². The van der Waals surface area contributed by atoms with Crippen LogP contribution in [0.25, 0.3) is 0 Å². The summed E-state index contributed by atoms with van der Waals surface area (Å²) in [5.41, 5.74) is 2.66. The predicted molar refractivity (Wildman–Crippen MR) is 92.6 cm³/mol. The number of amides is 1. The van der Waals surface area contributed by atoms with Crippen molar-refractivity contribution in [3.63, 3.8) is 0 Å². The predicted octanol–water partition coefficient (Wildman–Crippen LogP) is 1.59. The maximum Gasteiger partial charge on any atom is 0.271 e. The zero-order chi connectivity index (χ0) is 19.3. The molecule has 0 fully saturated rings. The molecule has 0 heterocycles. The van der Waals surface area contributed by atoms with Gasteiger partial charge in [-0.2, -0.15) is 5.10 Å². The van der Waals surface area contributed by atoms with Crippen LogP contribution in [0, 0.1) is 0 Å². The van der Waals surface area contributed by atoms with Gasteiger partial charge in [0.2, 0.25) is 0 Å². The molecule has 2 rings (SSSR count). The van der Waals surface area contributed by atoms with Crippen molar-refractivity contribution in [2.24, 2.45) is 5.10 Å². The maximum absolute atomic E-state index is 12.0. The van der Waals surface area contributed by atoms with Crippen molar-refractivity contribution in [3.8, 4) is 34.5 Å². The van der Waals surface area contributed by atoms with Crippen LogP contribution in [-0.2, 0) is 0 Å². The van der Waals surface area contributed by atoms with Gasteiger partial charge >= 0.3 is 0 Å². The minimum Gasteiger partial charge on any atom is -0.504 e. The Balaban J connectivity index is 2.21. The summed E-state index contributed by atoms with van der Waals surface area (Å²) < 4.78 is 15.6. The molecule has 9 heteroatoms. The fraction of sp³-hybridized carbons (Fsp3) is 0.176. The molecule has 0 saturated heterocycles. The smallest absolute Gasteiger partial charge is 0.271 e. The molecule has 0 aliphatic rings. The SMILES string of the molecule is COc1cc(OC)c(OC)cc1/C=N/NC(=O)c1cc(O)c(O)c(O)c1. The second-order valence-electron chi connectivity index (χ2n) is 5.01. The first-order valence-corrected chi connectivity index (χ1v) is 7.29. The third-order valence-corrected chi connectivity index (χ3v) is 3.44. The molecule has 2 aromatic carbocycles. The monoisotopic (exact) mass is 362 g/mol. The van der Waals surface area contributed by atoms with Gasteiger partial charge in [0.05, 0.1) is 27.5 Å². The minimum absolute atomic E-state index is 0.0887. The number of nitrogens with one attached hydrogen (secondary N) is 1. The number of hydrogen-bond donors (Lipinski definition) is 4. The lowest BCUT2D eigenvalue weighted by Crippen LogP contribution is -2.17. The lowest BCUT2D eigenvalue weighted by atomic mass is 10.1. The van der Waals surface area contributed by atoms with Crippen LogP contribution < -0.4 is 19.6 Å². The highest BCUT2D eigenvalue weighted by atomic mass is 16.5. The number of methoxy groups -OCH3 is 3. The third-order valence-electron chi connectivity index (χ3n) is 3.44. The summed E-state index contributed by atoms with van der Waals surface area (Å²) >= 11 is 0. The van der Waals surface area contributed by atoms with E-state index < -0.39 is 23.2 Å². The summed E-state index contributed by atoms with van der Waals surface area (Å²) in [5.74, 6) is -1.29. The largest absolute Gasteiger partial charge is 0.504 e. The highest BCUT2D eigenvalue weighted by Crippen LogP contribution is 2.35. The zero-order valence-electron chi connectivity index (χ0n) is 14.3. The summed E-state index contributed by atoms with van der Waals surface area (Å²) in [6.07, 6.45) is 1.33. The van der Waals surface area contributed by atoms with Crippen molar-refractivity contribution >= 4 is 12.1 Å². The molecule has 0 atom stereocenters. The van der Waals surface area contributed by atoms with Gasteiger partial charge in [-0.25, -0.2) is 5.43 Å². The van der Waals surface area contributed by atoms with E-state index in [1.165, 1.54) is 27.5 Å². The van der Waals surface area contributed by atoms with Crippen LogP contribution in [0.3, 0.4) is 0 Å². The Morgan fingerprint density at radius 3 is 2.00 bits per heavy atom. The van der Waals surface area contributed by atoms with Gasteiger partial charge in [0, 0.05) is 17.2 Å². The Kier molecular flexibility index (Phi) is 5.74. The van der Waals surface area contributed by atoms with E-state index >= 15 is 0 Å². The minimum atomic E-state index is -0.708. The molecule has 0 saturated carbocycles. The van der Waals surface area contributed by atoms with Crippen molar-refractivity contribution in [2.75, 3.05) is 21.3 Å². The molecule has 0 aliphatic carbocycles. The summed E-state index contributed by atoms with van der Waals surface area (Å²) in [5, 5.41) is 32.0. The van der Waals surface area contributed by atoms with Crippen LogP contribution in [0.1, 0.15) is 15.9 Å². The summed E-state index contributed by atoms with van der Waals surface area (Å²) in [7, 11) is 4.45. The Hall–Kier alpha value is -3.62. The van der Waals surface area contributed by atoms with Gasteiger partial charge in [0.15, 0.2) is 28.7 Å². The lowest BCUT2D eigenvalue weighted by Gasteiger charge is -2.11. The highest BCUT2D eigenvalue weighted by Gasteiger charge is 2.14. The van der Waals surface area contributed by atoms with Gasteiger partial charge in [-0.3, -0.25) is 4.79 Å². The number of hydrazone groups is 1. The molecule has 0 radical (unpaired) electrons. The quantitative estimate of drug-likeness (QED) is 0.349. The van der Waals surface area contributed by atoms with E-state index in [1.807, 2.05) is 0 Å². The van der Waals surface area contributed by atoms with Gasteiger partial charge in [0.1, 0.15) is 5.75 Å². The molecule has 0 bridgehead atoms. The van der Waals surface area contributed by atoms with Crippen LogP contribution >= 0.6 is 0 Å². The molecule has 138 valence electrons. The topological polar surface area (TPSA) is 130 Å². The average molecular weight is 362 g/mol. The van der Waals surface area contributed by atoms with E-state index in [0.29, 0.717) is 22.8 Å². The first-order valence-electron chi connectivity index (χ1n) is 7.29. The Morgan fingerprint density at radius 2 is 1.46 bits per heavy atom. The van der Waals surface area contributed by atoms with Crippen molar-refractivity contribution in [2.45, 2.75) is 0 Å². The van der Waals surface area contributed by atoms with E-state index in [1.54, 1.807) is 12.1 Å². The number of benzene rings is 2. The van der Waals surface area contributed by atoms with Crippen LogP contribution in [0.5, 0.6) is 34.5 Å². The van der Waals surface area contributed by atoms with Gasteiger partial charge in [-0.15, -0.1) is 0 Å². The van der Waals surface area contributed by atoms with Gasteiger partial charge in [-0.1, -0.05) is 0 Å². The summed E-state index contributed by atoms with van der Waals surface area (Å²) in [6, 6.07) is 5.22. The van der Waals surface area contributed by atoms with E-state index in [4.69, 9.17) is 14.2 Å². The van der Waals surface area contributed by atoms with E-state index in [2.05, 4.69) is 10.5 Å². The van der Waals surface area contributed by atoms with Crippen molar-refractivity contribution < 1.29 is 34.3 Å². The zero-order valence-corrected chi connectivity index (χ0v) is 14.3. The third kappa shape index (κ3) is 3.89. The van der Waals surface area contributed by atoms with Crippen LogP contribution in [0.2, 0.25) is 0 Å². The van der Waals surface area contributed by atoms with Crippen LogP contribution in [0.4, 0.5) is 0 Å². The molecule has 1 amide bonds. The molecule has 0 aromatic heterocycles. The molecule has 4 N–H and O–H groups in total. The fourth-order valence-corrected chi connectivity index (χ4v) is 2.11. The number of carbonyl (C=O) groups is 1. The summed E-state index contributed by atoms with van der Waals surface area (Å²) in [6.45, 7) is 0. The lowest BCUT2D eigenvalue weighted by molar-refractivity contribution is 0.0954. The van der Waals surface area contributed by atoms with Gasteiger partial charge < -0.3 is 29.5 Å². The first kappa shape index (κ1) is 18.7. The molecule has 0 unspecified atom stereocenters. The number of ether oxygens (including phenoxy) is 3. The number of hydrogen-bond acceptors (Lipinski definition) is 8. The first-order chi connectivity index (χ1) is 12.4. The molecule has 2 aromatic rings. The number of rotatable bonds is 6. The molecular weight excluding hydrogens is 344 g/mol. The maximum atomic E-state index is 12.0.